The predicted octanol–water partition coefficient (Wildman–Crippen LogP) is -0.605. The van der Waals surface area contributed by atoms with Crippen molar-refractivity contribution in [1.29, 1.82) is 0 Å². The molecule has 3 atom stereocenters. The summed E-state index contributed by atoms with van der Waals surface area (Å²) in [4.78, 5) is 23.9. The Morgan fingerprint density at radius 2 is 2.11 bits per heavy atom. The first-order chi connectivity index (χ1) is 8.56. The van der Waals surface area contributed by atoms with Gasteiger partial charge in [0.2, 0.25) is 0 Å². The van der Waals surface area contributed by atoms with Crippen LogP contribution in [0.5, 0.6) is 0 Å². The van der Waals surface area contributed by atoms with E-state index in [0.29, 0.717) is 38.9 Å². The van der Waals surface area contributed by atoms with Crippen LogP contribution >= 0.6 is 0 Å². The third-order valence-electron chi connectivity index (χ3n) is 3.31. The fourth-order valence-corrected chi connectivity index (χ4v) is 2.28. The van der Waals surface area contributed by atoms with Crippen molar-refractivity contribution in [2.45, 2.75) is 37.6 Å². The molecule has 18 heavy (non-hydrogen) atoms. The number of carboxylic acids is 1. The van der Waals surface area contributed by atoms with Crippen molar-refractivity contribution < 1.29 is 24.5 Å². The smallest absolute Gasteiger partial charge is 0.332 e. The molecule has 2 aliphatic heterocycles. The van der Waals surface area contributed by atoms with Crippen molar-refractivity contribution in [1.82, 2.24) is 10.2 Å². The van der Waals surface area contributed by atoms with Crippen LogP contribution in [0.3, 0.4) is 0 Å². The quantitative estimate of drug-likeness (QED) is 0.627. The zero-order chi connectivity index (χ0) is 13.1. The minimum atomic E-state index is -0.952. The Kier molecular flexibility index (Phi) is 4.03. The van der Waals surface area contributed by atoms with Gasteiger partial charge < -0.3 is 25.2 Å². The van der Waals surface area contributed by atoms with Crippen LogP contribution in [0.1, 0.15) is 19.3 Å². The van der Waals surface area contributed by atoms with Gasteiger partial charge in [-0.3, -0.25) is 0 Å². The summed E-state index contributed by atoms with van der Waals surface area (Å²) in [5, 5.41) is 20.8. The molecular weight excluding hydrogens is 240 g/mol. The second-order valence-electron chi connectivity index (χ2n) is 4.74. The second kappa shape index (κ2) is 5.53. The Bertz CT molecular complexity index is 335. The van der Waals surface area contributed by atoms with Gasteiger partial charge in [0.05, 0.1) is 12.2 Å². The van der Waals surface area contributed by atoms with Crippen LogP contribution in [0.15, 0.2) is 0 Å². The highest BCUT2D eigenvalue weighted by Gasteiger charge is 2.31. The number of aliphatic hydroxyl groups excluding tert-OH is 1. The molecule has 2 aliphatic rings. The Labute approximate surface area is 105 Å². The lowest BCUT2D eigenvalue weighted by atomic mass is 10.2. The number of hydrogen-bond acceptors (Lipinski definition) is 4. The zero-order valence-corrected chi connectivity index (χ0v) is 10.0. The van der Waals surface area contributed by atoms with Crippen LogP contribution in [-0.2, 0) is 9.53 Å². The number of carbonyl (C=O) groups is 2. The lowest BCUT2D eigenvalue weighted by Gasteiger charge is -2.18. The van der Waals surface area contributed by atoms with Crippen molar-refractivity contribution in [2.24, 2.45) is 0 Å². The van der Waals surface area contributed by atoms with Gasteiger partial charge in [0.25, 0.3) is 0 Å². The van der Waals surface area contributed by atoms with Crippen LogP contribution < -0.4 is 5.32 Å². The lowest BCUT2D eigenvalue weighted by molar-refractivity contribution is -0.149. The van der Waals surface area contributed by atoms with Crippen molar-refractivity contribution in [2.75, 3.05) is 19.6 Å². The number of nitrogens with zero attached hydrogens (tertiary/aromatic N) is 1. The highest BCUT2D eigenvalue weighted by atomic mass is 16.5. The van der Waals surface area contributed by atoms with E-state index >= 15 is 0 Å². The van der Waals surface area contributed by atoms with Gasteiger partial charge in [-0.1, -0.05) is 0 Å². The van der Waals surface area contributed by atoms with Crippen LogP contribution in [0, 0.1) is 0 Å². The second-order valence-corrected chi connectivity index (χ2v) is 4.74. The van der Waals surface area contributed by atoms with E-state index in [9.17, 15) is 14.7 Å². The number of ether oxygens (including phenoxy) is 1. The summed E-state index contributed by atoms with van der Waals surface area (Å²) in [5.41, 5.74) is 0. The van der Waals surface area contributed by atoms with Crippen LogP contribution in [-0.4, -0.2) is 65.1 Å². The third kappa shape index (κ3) is 3.11. The Balaban J connectivity index is 1.69. The molecule has 3 N–H and O–H groups in total. The predicted molar refractivity (Wildman–Crippen MR) is 61.1 cm³/mol. The number of nitrogens with one attached hydrogen (secondary N) is 1. The van der Waals surface area contributed by atoms with Gasteiger partial charge in [-0.25, -0.2) is 9.59 Å². The summed E-state index contributed by atoms with van der Waals surface area (Å²) < 4.78 is 5.27. The average molecular weight is 258 g/mol. The monoisotopic (exact) mass is 258 g/mol. The molecule has 3 unspecified atom stereocenters. The molecule has 2 saturated heterocycles. The number of likely N-dealkylation sites (tertiary alicyclic amines) is 1. The standard InChI is InChI=1S/C11H18N2O5/c14-7-3-4-13(6-7)11(17)12-5-8-1-2-9(18-8)10(15)16/h7-9,14H,1-6H2,(H,12,17)(H,15,16). The first-order valence-corrected chi connectivity index (χ1v) is 6.15. The van der Waals surface area contributed by atoms with Crippen LogP contribution in [0.25, 0.3) is 0 Å². The summed E-state index contributed by atoms with van der Waals surface area (Å²) >= 11 is 0. The largest absolute Gasteiger partial charge is 0.479 e. The topological polar surface area (TPSA) is 99.1 Å². The minimum Gasteiger partial charge on any atom is -0.479 e. The number of aliphatic carboxylic acids is 1. The zero-order valence-electron chi connectivity index (χ0n) is 10.0. The maximum Gasteiger partial charge on any atom is 0.332 e. The summed E-state index contributed by atoms with van der Waals surface area (Å²) in [6.45, 7) is 1.22. The van der Waals surface area contributed by atoms with Gasteiger partial charge in [-0.05, 0) is 19.3 Å². The Morgan fingerprint density at radius 3 is 2.67 bits per heavy atom. The molecule has 7 nitrogen and oxygen atoms in total. The maximum atomic E-state index is 11.7. The lowest BCUT2D eigenvalue weighted by Crippen LogP contribution is -2.42. The van der Waals surface area contributed by atoms with Gasteiger partial charge in [0, 0.05) is 19.6 Å². The summed E-state index contributed by atoms with van der Waals surface area (Å²) in [7, 11) is 0. The van der Waals surface area contributed by atoms with Crippen molar-refractivity contribution >= 4 is 12.0 Å². The average Bonchev–Trinajstić information content (AvgIpc) is 2.94. The van der Waals surface area contributed by atoms with Crippen molar-refractivity contribution in [3.63, 3.8) is 0 Å². The molecule has 0 radical (unpaired) electrons. The molecule has 2 fully saturated rings. The van der Waals surface area contributed by atoms with E-state index in [1.807, 2.05) is 0 Å². The van der Waals surface area contributed by atoms with Gasteiger partial charge in [-0.15, -0.1) is 0 Å². The molecule has 0 bridgehead atoms. The fourth-order valence-electron chi connectivity index (χ4n) is 2.28. The molecular formula is C11H18N2O5. The molecule has 0 aromatic rings. The summed E-state index contributed by atoms with van der Waals surface area (Å²) in [5.74, 6) is -0.952. The van der Waals surface area contributed by atoms with E-state index in [0.717, 1.165) is 0 Å². The van der Waals surface area contributed by atoms with E-state index in [1.54, 1.807) is 4.90 Å². The number of hydrogen-bond donors (Lipinski definition) is 3. The molecule has 0 saturated carbocycles. The number of urea groups is 1. The molecule has 0 aliphatic carbocycles. The first-order valence-electron chi connectivity index (χ1n) is 6.15. The highest BCUT2D eigenvalue weighted by molar-refractivity contribution is 5.74. The number of aliphatic hydroxyl groups is 1. The van der Waals surface area contributed by atoms with Crippen LogP contribution in [0.4, 0.5) is 4.79 Å². The van der Waals surface area contributed by atoms with Crippen molar-refractivity contribution in [3.05, 3.63) is 0 Å². The van der Waals surface area contributed by atoms with Crippen molar-refractivity contribution in [3.8, 4) is 0 Å². The molecule has 2 amide bonds. The molecule has 102 valence electrons. The molecule has 2 rings (SSSR count). The molecule has 2 heterocycles. The minimum absolute atomic E-state index is 0.228. The summed E-state index contributed by atoms with van der Waals surface area (Å²) in [6, 6.07) is -0.228. The summed E-state index contributed by atoms with van der Waals surface area (Å²) in [6.07, 6.45) is 0.310. The van der Waals surface area contributed by atoms with Crippen LogP contribution in [0.2, 0.25) is 0 Å². The Hall–Kier alpha value is -1.34. The molecule has 0 aromatic carbocycles. The SMILES string of the molecule is O=C(O)C1CCC(CNC(=O)N2CCC(O)C2)O1. The molecule has 0 aromatic heterocycles. The van der Waals surface area contributed by atoms with E-state index < -0.39 is 18.2 Å². The van der Waals surface area contributed by atoms with E-state index in [1.165, 1.54) is 0 Å². The van der Waals surface area contributed by atoms with E-state index in [-0.39, 0.29) is 12.1 Å². The normalized spacial score (nSPS) is 31.6. The van der Waals surface area contributed by atoms with Gasteiger partial charge in [0.15, 0.2) is 6.10 Å². The number of rotatable bonds is 3. The van der Waals surface area contributed by atoms with Gasteiger partial charge in [-0.2, -0.15) is 0 Å². The number of carbonyl (C=O) groups excluding carboxylic acids is 1. The first kappa shape index (κ1) is 13.1. The number of amides is 2. The fraction of sp³-hybridized carbons (Fsp3) is 0.818. The van der Waals surface area contributed by atoms with Gasteiger partial charge in [0.1, 0.15) is 0 Å². The third-order valence-corrected chi connectivity index (χ3v) is 3.31. The Morgan fingerprint density at radius 1 is 1.33 bits per heavy atom. The molecule has 7 heteroatoms. The van der Waals surface area contributed by atoms with Gasteiger partial charge >= 0.3 is 12.0 Å². The maximum absolute atomic E-state index is 11.7. The number of carboxylic acid groups (broad SMARTS) is 1. The highest BCUT2D eigenvalue weighted by Crippen LogP contribution is 2.19. The van der Waals surface area contributed by atoms with E-state index in [4.69, 9.17) is 9.84 Å². The molecule has 0 spiro atoms. The number of β-amino-alcohol motifs (C(OH)–C–C–N with tert-alkyl or cyclic N) is 1. The van der Waals surface area contributed by atoms with E-state index in [2.05, 4.69) is 5.32 Å².